The van der Waals surface area contributed by atoms with Crippen LogP contribution in [-0.4, -0.2) is 9.97 Å². The Kier molecular flexibility index (Phi) is 1.75. The Morgan fingerprint density at radius 2 is 2.33 bits per heavy atom. The molecule has 0 bridgehead atoms. The molecule has 0 atom stereocenters. The summed E-state index contributed by atoms with van der Waals surface area (Å²) in [5, 5.41) is 8.29. The van der Waals surface area contributed by atoms with E-state index in [1.165, 1.54) is 12.4 Å². The first-order chi connectivity index (χ1) is 4.33. The molecule has 0 aromatic carbocycles. The zero-order valence-corrected chi connectivity index (χ0v) is 5.96. The molecule has 0 unspecified atom stereocenters. The molecule has 44 valence electrons. The fourth-order valence-electron chi connectivity index (χ4n) is 0.396. The zero-order chi connectivity index (χ0) is 6.69. The molecule has 0 aliphatic rings. The Morgan fingerprint density at radius 3 is 2.78 bits per heavy atom. The van der Waals surface area contributed by atoms with Gasteiger partial charge in [0.2, 0.25) is 0 Å². The molecule has 3 nitrogen and oxygen atoms in total. The summed E-state index contributed by atoms with van der Waals surface area (Å²) in [5.74, 6) is 0. The summed E-state index contributed by atoms with van der Waals surface area (Å²) in [7, 11) is 0. The monoisotopic (exact) mass is 183 g/mol. The van der Waals surface area contributed by atoms with Crippen LogP contribution >= 0.6 is 15.9 Å². The summed E-state index contributed by atoms with van der Waals surface area (Å²) >= 11 is 3.08. The van der Waals surface area contributed by atoms with Gasteiger partial charge in [-0.25, -0.2) is 4.98 Å². The number of halogens is 1. The van der Waals surface area contributed by atoms with Gasteiger partial charge in [0.25, 0.3) is 0 Å². The van der Waals surface area contributed by atoms with E-state index in [4.69, 9.17) is 5.26 Å². The fraction of sp³-hybridized carbons (Fsp3) is 0. The molecule has 0 aliphatic carbocycles. The van der Waals surface area contributed by atoms with Gasteiger partial charge in [0.05, 0.1) is 12.4 Å². The first-order valence-electron chi connectivity index (χ1n) is 2.20. The maximum absolute atomic E-state index is 8.29. The lowest BCUT2D eigenvalue weighted by Crippen LogP contribution is -1.83. The topological polar surface area (TPSA) is 49.6 Å². The van der Waals surface area contributed by atoms with Gasteiger partial charge in [-0.05, 0) is 15.9 Å². The van der Waals surface area contributed by atoms with E-state index in [0.29, 0.717) is 10.3 Å². The van der Waals surface area contributed by atoms with Gasteiger partial charge >= 0.3 is 0 Å². The summed E-state index contributed by atoms with van der Waals surface area (Å²) < 4.78 is 0.585. The van der Waals surface area contributed by atoms with Crippen molar-refractivity contribution in [2.24, 2.45) is 0 Å². The van der Waals surface area contributed by atoms with Crippen LogP contribution in [0.2, 0.25) is 0 Å². The highest BCUT2D eigenvalue weighted by molar-refractivity contribution is 9.10. The van der Waals surface area contributed by atoms with Crippen LogP contribution in [-0.2, 0) is 0 Å². The largest absolute Gasteiger partial charge is 0.259 e. The minimum atomic E-state index is 0.323. The predicted octanol–water partition coefficient (Wildman–Crippen LogP) is 1.11. The minimum absolute atomic E-state index is 0.323. The summed E-state index contributed by atoms with van der Waals surface area (Å²) in [6.45, 7) is 0. The van der Waals surface area contributed by atoms with Crippen LogP contribution in [0.5, 0.6) is 0 Å². The van der Waals surface area contributed by atoms with Crippen LogP contribution in [0.4, 0.5) is 0 Å². The number of rotatable bonds is 0. The molecule has 1 heterocycles. The van der Waals surface area contributed by atoms with Gasteiger partial charge in [0.15, 0.2) is 5.69 Å². The summed E-state index contributed by atoms with van der Waals surface area (Å²) in [6, 6.07) is 1.86. The third-order valence-electron chi connectivity index (χ3n) is 0.720. The molecular weight excluding hydrogens is 182 g/mol. The predicted molar refractivity (Wildman–Crippen MR) is 34.4 cm³/mol. The molecule has 1 rings (SSSR count). The molecule has 4 heteroatoms. The van der Waals surface area contributed by atoms with Crippen molar-refractivity contribution in [1.82, 2.24) is 9.97 Å². The number of hydrogen-bond acceptors (Lipinski definition) is 3. The van der Waals surface area contributed by atoms with Gasteiger partial charge in [-0.1, -0.05) is 0 Å². The number of aromatic nitrogens is 2. The maximum atomic E-state index is 8.29. The van der Waals surface area contributed by atoms with Crippen LogP contribution < -0.4 is 0 Å². The highest BCUT2D eigenvalue weighted by atomic mass is 79.9. The van der Waals surface area contributed by atoms with Gasteiger partial charge in [-0.2, -0.15) is 5.26 Å². The fourth-order valence-corrected chi connectivity index (χ4v) is 0.705. The van der Waals surface area contributed by atoms with Crippen molar-refractivity contribution in [3.05, 3.63) is 22.7 Å². The molecule has 0 N–H and O–H groups in total. The van der Waals surface area contributed by atoms with Crippen molar-refractivity contribution in [2.75, 3.05) is 0 Å². The Balaban J connectivity index is 3.12. The van der Waals surface area contributed by atoms with Crippen LogP contribution in [0.1, 0.15) is 5.69 Å². The SMILES string of the molecule is N#Cc1cncc(Br)n1. The second kappa shape index (κ2) is 2.55. The average Bonchev–Trinajstić information content (AvgIpc) is 1.88. The molecule has 0 amide bonds. The number of nitrogens with zero attached hydrogens (tertiary/aromatic N) is 3. The molecule has 0 radical (unpaired) electrons. The molecule has 0 spiro atoms. The molecule has 0 fully saturated rings. The first-order valence-corrected chi connectivity index (χ1v) is 3.00. The van der Waals surface area contributed by atoms with E-state index in [1.54, 1.807) is 0 Å². The van der Waals surface area contributed by atoms with Crippen molar-refractivity contribution in [3.8, 4) is 6.07 Å². The molecule has 9 heavy (non-hydrogen) atoms. The third-order valence-corrected chi connectivity index (χ3v) is 1.10. The Morgan fingerprint density at radius 1 is 1.56 bits per heavy atom. The van der Waals surface area contributed by atoms with Gasteiger partial charge in [-0.3, -0.25) is 4.98 Å². The first kappa shape index (κ1) is 6.17. The van der Waals surface area contributed by atoms with Crippen LogP contribution in [0.15, 0.2) is 17.0 Å². The third kappa shape index (κ3) is 1.47. The zero-order valence-electron chi connectivity index (χ0n) is 4.37. The smallest absolute Gasteiger partial charge is 0.160 e. The molecule has 0 aliphatic heterocycles. The van der Waals surface area contributed by atoms with E-state index in [9.17, 15) is 0 Å². The van der Waals surface area contributed by atoms with E-state index >= 15 is 0 Å². The lowest BCUT2D eigenvalue weighted by atomic mass is 10.5. The molecule has 0 saturated heterocycles. The summed E-state index contributed by atoms with van der Waals surface area (Å²) in [6.07, 6.45) is 2.94. The Labute approximate surface area is 60.5 Å². The minimum Gasteiger partial charge on any atom is -0.259 e. The normalized spacial score (nSPS) is 8.44. The van der Waals surface area contributed by atoms with E-state index in [-0.39, 0.29) is 0 Å². The van der Waals surface area contributed by atoms with E-state index in [1.807, 2.05) is 6.07 Å². The van der Waals surface area contributed by atoms with Gasteiger partial charge < -0.3 is 0 Å². The van der Waals surface area contributed by atoms with Crippen molar-refractivity contribution in [2.45, 2.75) is 0 Å². The molecule has 0 saturated carbocycles. The molecular formula is C5H2BrN3. The second-order valence-corrected chi connectivity index (χ2v) is 2.15. The van der Waals surface area contributed by atoms with Crippen LogP contribution in [0.25, 0.3) is 0 Å². The van der Waals surface area contributed by atoms with E-state index in [2.05, 4.69) is 25.9 Å². The lowest BCUT2D eigenvalue weighted by Gasteiger charge is -1.85. The summed E-state index contributed by atoms with van der Waals surface area (Å²) in [4.78, 5) is 7.51. The van der Waals surface area contributed by atoms with Crippen molar-refractivity contribution in [3.63, 3.8) is 0 Å². The lowest BCUT2D eigenvalue weighted by molar-refractivity contribution is 1.13. The number of nitriles is 1. The highest BCUT2D eigenvalue weighted by Gasteiger charge is 1.90. The maximum Gasteiger partial charge on any atom is 0.160 e. The Hall–Kier alpha value is -0.950. The van der Waals surface area contributed by atoms with Crippen molar-refractivity contribution in [1.29, 1.82) is 5.26 Å². The van der Waals surface area contributed by atoms with Gasteiger partial charge in [0, 0.05) is 0 Å². The Bertz CT molecular complexity index is 253. The number of hydrogen-bond donors (Lipinski definition) is 0. The van der Waals surface area contributed by atoms with Gasteiger partial charge in [-0.15, -0.1) is 0 Å². The van der Waals surface area contributed by atoms with Crippen molar-refractivity contribution >= 4 is 15.9 Å². The van der Waals surface area contributed by atoms with Crippen LogP contribution in [0, 0.1) is 11.3 Å². The summed E-state index contributed by atoms with van der Waals surface area (Å²) in [5.41, 5.74) is 0.323. The van der Waals surface area contributed by atoms with Crippen LogP contribution in [0.3, 0.4) is 0 Å². The van der Waals surface area contributed by atoms with E-state index < -0.39 is 0 Å². The highest BCUT2D eigenvalue weighted by Crippen LogP contribution is 2.01. The van der Waals surface area contributed by atoms with E-state index in [0.717, 1.165) is 0 Å². The second-order valence-electron chi connectivity index (χ2n) is 1.34. The average molecular weight is 184 g/mol. The molecule has 1 aromatic rings. The quantitative estimate of drug-likeness (QED) is 0.606. The standard InChI is InChI=1S/C5H2BrN3/c6-5-3-8-2-4(1-7)9-5/h2-3H. The van der Waals surface area contributed by atoms with Crippen molar-refractivity contribution < 1.29 is 0 Å². The molecule has 1 aromatic heterocycles. The van der Waals surface area contributed by atoms with Gasteiger partial charge in [0.1, 0.15) is 10.7 Å².